The first-order chi connectivity index (χ1) is 7.95. The molecule has 0 bridgehead atoms. The van der Waals surface area contributed by atoms with Crippen molar-refractivity contribution < 1.29 is 9.84 Å². The van der Waals surface area contributed by atoms with Gasteiger partial charge in [0.2, 0.25) is 0 Å². The molecule has 3 N–H and O–H groups in total. The topological polar surface area (TPSA) is 55.5 Å². The quantitative estimate of drug-likeness (QED) is 0.879. The fourth-order valence-corrected chi connectivity index (χ4v) is 2.22. The lowest BCUT2D eigenvalue weighted by Crippen LogP contribution is -2.30. The summed E-state index contributed by atoms with van der Waals surface area (Å²) in [6, 6.07) is 5.27. The minimum absolute atomic E-state index is 0.279. The Kier molecular flexibility index (Phi) is 5.43. The van der Waals surface area contributed by atoms with Crippen LogP contribution in [0.3, 0.4) is 0 Å². The van der Waals surface area contributed by atoms with Crippen molar-refractivity contribution in [3.05, 3.63) is 28.2 Å². The lowest BCUT2D eigenvalue weighted by atomic mass is 9.95. The highest BCUT2D eigenvalue weighted by molar-refractivity contribution is 9.10. The van der Waals surface area contributed by atoms with Gasteiger partial charge in [-0.3, -0.25) is 0 Å². The lowest BCUT2D eigenvalue weighted by molar-refractivity contribution is 0.132. The van der Waals surface area contributed by atoms with E-state index in [1.807, 2.05) is 18.2 Å². The normalized spacial score (nSPS) is 14.8. The van der Waals surface area contributed by atoms with E-state index in [0.29, 0.717) is 11.7 Å². The van der Waals surface area contributed by atoms with Crippen LogP contribution in [0.15, 0.2) is 22.7 Å². The first kappa shape index (κ1) is 14.5. The molecule has 1 rings (SSSR count). The second-order valence-electron chi connectivity index (χ2n) is 4.62. The highest BCUT2D eigenvalue weighted by Gasteiger charge is 2.21. The van der Waals surface area contributed by atoms with Gasteiger partial charge in [0.1, 0.15) is 5.75 Å². The molecule has 0 radical (unpaired) electrons. The molecule has 2 unspecified atom stereocenters. The minimum Gasteiger partial charge on any atom is -0.496 e. The number of nitrogens with two attached hydrogens (primary N) is 1. The van der Waals surface area contributed by atoms with Crippen LogP contribution in [0.1, 0.15) is 31.9 Å². The fourth-order valence-electron chi connectivity index (χ4n) is 1.84. The van der Waals surface area contributed by atoms with Gasteiger partial charge in [-0.2, -0.15) is 0 Å². The Labute approximate surface area is 111 Å². The number of halogens is 1. The van der Waals surface area contributed by atoms with E-state index in [2.05, 4.69) is 29.8 Å². The molecule has 0 fully saturated rings. The van der Waals surface area contributed by atoms with Crippen molar-refractivity contribution in [1.82, 2.24) is 0 Å². The summed E-state index contributed by atoms with van der Waals surface area (Å²) in [5.74, 6) is 1.12. The number of methoxy groups -OCH3 is 1. The van der Waals surface area contributed by atoms with Crippen LogP contribution in [-0.4, -0.2) is 18.3 Å². The molecular weight excluding hydrogens is 282 g/mol. The molecule has 96 valence electrons. The molecule has 1 aromatic rings. The first-order valence-corrected chi connectivity index (χ1v) is 6.52. The second-order valence-corrected chi connectivity index (χ2v) is 5.54. The lowest BCUT2D eigenvalue weighted by Gasteiger charge is -2.22. The van der Waals surface area contributed by atoms with Crippen molar-refractivity contribution >= 4 is 15.9 Å². The zero-order valence-corrected chi connectivity index (χ0v) is 12.1. The highest BCUT2D eigenvalue weighted by atomic mass is 79.9. The monoisotopic (exact) mass is 301 g/mol. The molecule has 0 aromatic heterocycles. The molecule has 0 aliphatic rings. The molecule has 0 aliphatic carbocycles. The Balaban J connectivity index is 2.93. The van der Waals surface area contributed by atoms with E-state index in [1.54, 1.807) is 7.11 Å². The number of ether oxygens (including phenoxy) is 1. The third-order valence-electron chi connectivity index (χ3n) is 2.66. The van der Waals surface area contributed by atoms with E-state index in [-0.39, 0.29) is 6.04 Å². The maximum Gasteiger partial charge on any atom is 0.124 e. The Morgan fingerprint density at radius 2 is 2.06 bits per heavy atom. The minimum atomic E-state index is -0.704. The van der Waals surface area contributed by atoms with Crippen molar-refractivity contribution in [3.63, 3.8) is 0 Å². The highest BCUT2D eigenvalue weighted by Crippen LogP contribution is 2.31. The van der Waals surface area contributed by atoms with Crippen molar-refractivity contribution in [2.75, 3.05) is 7.11 Å². The van der Waals surface area contributed by atoms with Crippen molar-refractivity contribution in [1.29, 1.82) is 0 Å². The average molecular weight is 302 g/mol. The third-order valence-corrected chi connectivity index (χ3v) is 3.15. The molecule has 17 heavy (non-hydrogen) atoms. The Bertz CT molecular complexity index is 368. The van der Waals surface area contributed by atoms with Crippen LogP contribution in [0.5, 0.6) is 5.75 Å². The number of aliphatic hydroxyl groups is 1. The second kappa shape index (κ2) is 6.38. The molecule has 4 heteroatoms. The van der Waals surface area contributed by atoms with E-state index in [1.165, 1.54) is 0 Å². The zero-order chi connectivity index (χ0) is 13.0. The first-order valence-electron chi connectivity index (χ1n) is 5.72. The van der Waals surface area contributed by atoms with Gasteiger partial charge in [0, 0.05) is 16.1 Å². The van der Waals surface area contributed by atoms with Crippen molar-refractivity contribution in [3.8, 4) is 5.75 Å². The molecule has 2 atom stereocenters. The van der Waals surface area contributed by atoms with Crippen LogP contribution in [0.25, 0.3) is 0 Å². The van der Waals surface area contributed by atoms with E-state index in [9.17, 15) is 5.11 Å². The van der Waals surface area contributed by atoms with Gasteiger partial charge in [-0.1, -0.05) is 29.8 Å². The predicted molar refractivity (Wildman–Crippen MR) is 73.1 cm³/mol. The van der Waals surface area contributed by atoms with Crippen LogP contribution in [-0.2, 0) is 0 Å². The van der Waals surface area contributed by atoms with Crippen LogP contribution >= 0.6 is 15.9 Å². The summed E-state index contributed by atoms with van der Waals surface area (Å²) in [5, 5.41) is 10.2. The van der Waals surface area contributed by atoms with Crippen LogP contribution in [0, 0.1) is 5.92 Å². The van der Waals surface area contributed by atoms with E-state index >= 15 is 0 Å². The van der Waals surface area contributed by atoms with Crippen LogP contribution in [0.4, 0.5) is 0 Å². The molecule has 0 saturated heterocycles. The van der Waals surface area contributed by atoms with Gasteiger partial charge in [0.15, 0.2) is 0 Å². The van der Waals surface area contributed by atoms with Gasteiger partial charge in [0.05, 0.1) is 13.2 Å². The maximum atomic E-state index is 10.2. The standard InChI is InChI=1S/C13H20BrNO2/c1-8(2)6-11(15)13(16)10-7-9(14)4-5-12(10)17-3/h4-5,7-8,11,13,16H,6,15H2,1-3H3. The summed E-state index contributed by atoms with van der Waals surface area (Å²) in [6.07, 6.45) is 0.0708. The fraction of sp³-hybridized carbons (Fsp3) is 0.538. The van der Waals surface area contributed by atoms with Gasteiger partial charge in [-0.15, -0.1) is 0 Å². The Morgan fingerprint density at radius 3 is 2.59 bits per heavy atom. The summed E-state index contributed by atoms with van der Waals surface area (Å²) in [6.45, 7) is 4.18. The molecule has 0 heterocycles. The SMILES string of the molecule is COc1ccc(Br)cc1C(O)C(N)CC(C)C. The van der Waals surface area contributed by atoms with Gasteiger partial charge in [-0.05, 0) is 30.5 Å². The molecule has 1 aromatic carbocycles. The number of benzene rings is 1. The largest absolute Gasteiger partial charge is 0.496 e. The van der Waals surface area contributed by atoms with E-state index in [0.717, 1.165) is 16.5 Å². The molecule has 0 aliphatic heterocycles. The van der Waals surface area contributed by atoms with E-state index in [4.69, 9.17) is 10.5 Å². The van der Waals surface area contributed by atoms with Crippen molar-refractivity contribution in [2.24, 2.45) is 11.7 Å². The Morgan fingerprint density at radius 1 is 1.41 bits per heavy atom. The Hall–Kier alpha value is -0.580. The van der Waals surface area contributed by atoms with Gasteiger partial charge < -0.3 is 15.6 Å². The van der Waals surface area contributed by atoms with Crippen LogP contribution in [0.2, 0.25) is 0 Å². The summed E-state index contributed by atoms with van der Waals surface area (Å²) in [5.41, 5.74) is 6.73. The third kappa shape index (κ3) is 3.98. The maximum absolute atomic E-state index is 10.2. The summed E-state index contributed by atoms with van der Waals surface area (Å²) in [7, 11) is 1.59. The summed E-state index contributed by atoms with van der Waals surface area (Å²) in [4.78, 5) is 0. The van der Waals surface area contributed by atoms with Gasteiger partial charge in [0.25, 0.3) is 0 Å². The number of hydrogen-bond donors (Lipinski definition) is 2. The van der Waals surface area contributed by atoms with Gasteiger partial charge in [-0.25, -0.2) is 0 Å². The van der Waals surface area contributed by atoms with E-state index < -0.39 is 6.10 Å². The van der Waals surface area contributed by atoms with Crippen LogP contribution < -0.4 is 10.5 Å². The predicted octanol–water partition coefficient (Wildman–Crippen LogP) is 2.86. The van der Waals surface area contributed by atoms with Crippen molar-refractivity contribution in [2.45, 2.75) is 32.4 Å². The molecular formula is C13H20BrNO2. The molecule has 0 saturated carbocycles. The molecule has 3 nitrogen and oxygen atoms in total. The number of aliphatic hydroxyl groups excluding tert-OH is 1. The smallest absolute Gasteiger partial charge is 0.124 e. The zero-order valence-electron chi connectivity index (χ0n) is 10.5. The average Bonchev–Trinajstić information content (AvgIpc) is 2.27. The molecule has 0 amide bonds. The number of hydrogen-bond acceptors (Lipinski definition) is 3. The molecule has 0 spiro atoms. The number of rotatable bonds is 5. The van der Waals surface area contributed by atoms with Gasteiger partial charge >= 0.3 is 0 Å². The summed E-state index contributed by atoms with van der Waals surface area (Å²) >= 11 is 3.39. The summed E-state index contributed by atoms with van der Waals surface area (Å²) < 4.78 is 6.15.